The number of aliphatic carboxylic acids is 1. The van der Waals surface area contributed by atoms with Gasteiger partial charge in [0.2, 0.25) is 0 Å². The van der Waals surface area contributed by atoms with E-state index in [9.17, 15) is 14.3 Å². The van der Waals surface area contributed by atoms with Crippen LogP contribution >= 0.6 is 0 Å². The summed E-state index contributed by atoms with van der Waals surface area (Å²) in [5.41, 5.74) is -0.0262. The maximum Gasteiger partial charge on any atom is 0.303 e. The monoisotopic (exact) mass is 228 g/mol. The second-order valence-electron chi connectivity index (χ2n) is 3.51. The number of hydrogen-bond acceptors (Lipinski definition) is 3. The van der Waals surface area contributed by atoms with Crippen LogP contribution in [0.15, 0.2) is 12.1 Å². The summed E-state index contributed by atoms with van der Waals surface area (Å²) in [5, 5.41) is 18.3. The molecule has 1 rings (SSSR count). The lowest BCUT2D eigenvalue weighted by Crippen LogP contribution is -2.05. The maximum atomic E-state index is 13.5. The number of rotatable bonds is 4. The van der Waals surface area contributed by atoms with Gasteiger partial charge in [0.15, 0.2) is 11.5 Å². The highest BCUT2D eigenvalue weighted by molar-refractivity contribution is 5.68. The predicted octanol–water partition coefficient (Wildman–Crippen LogP) is 2.12. The first-order valence-corrected chi connectivity index (χ1v) is 4.74. The van der Waals surface area contributed by atoms with E-state index in [0.717, 1.165) is 6.07 Å². The minimum atomic E-state index is -1.05. The second kappa shape index (κ2) is 4.83. The van der Waals surface area contributed by atoms with E-state index in [2.05, 4.69) is 0 Å². The molecule has 2 N–H and O–H groups in total. The minimum Gasteiger partial charge on any atom is -0.504 e. The number of phenols is 1. The third-order valence-corrected chi connectivity index (χ3v) is 2.32. The Hall–Kier alpha value is -1.78. The zero-order chi connectivity index (χ0) is 12.3. The van der Waals surface area contributed by atoms with Crippen LogP contribution in [0.25, 0.3) is 0 Å². The van der Waals surface area contributed by atoms with Crippen LogP contribution in [-0.4, -0.2) is 23.3 Å². The van der Waals surface area contributed by atoms with Crippen molar-refractivity contribution in [1.29, 1.82) is 0 Å². The molecular weight excluding hydrogens is 215 g/mol. The lowest BCUT2D eigenvalue weighted by atomic mass is 9.96. The van der Waals surface area contributed by atoms with E-state index in [1.54, 1.807) is 0 Å². The van der Waals surface area contributed by atoms with Gasteiger partial charge in [0, 0.05) is 5.56 Å². The fourth-order valence-corrected chi connectivity index (χ4v) is 1.56. The lowest BCUT2D eigenvalue weighted by molar-refractivity contribution is -0.137. The van der Waals surface area contributed by atoms with Crippen LogP contribution in [0.2, 0.25) is 0 Å². The molecule has 0 fully saturated rings. The molecule has 0 aliphatic rings. The van der Waals surface area contributed by atoms with Gasteiger partial charge >= 0.3 is 5.97 Å². The molecule has 0 aliphatic heterocycles. The highest BCUT2D eigenvalue weighted by atomic mass is 19.1. The molecule has 5 heteroatoms. The van der Waals surface area contributed by atoms with Gasteiger partial charge in [-0.1, -0.05) is 6.92 Å². The maximum absolute atomic E-state index is 13.5. The molecule has 0 amide bonds. The first-order chi connectivity index (χ1) is 7.47. The van der Waals surface area contributed by atoms with E-state index < -0.39 is 17.7 Å². The molecule has 4 nitrogen and oxygen atoms in total. The van der Waals surface area contributed by atoms with Gasteiger partial charge in [0.1, 0.15) is 5.82 Å². The van der Waals surface area contributed by atoms with E-state index in [1.165, 1.54) is 20.1 Å². The number of benzene rings is 1. The van der Waals surface area contributed by atoms with E-state index in [-0.39, 0.29) is 23.5 Å². The molecular formula is C11H13FO4. The largest absolute Gasteiger partial charge is 0.504 e. The zero-order valence-electron chi connectivity index (χ0n) is 9.03. The smallest absolute Gasteiger partial charge is 0.303 e. The Balaban J connectivity index is 3.15. The molecule has 16 heavy (non-hydrogen) atoms. The molecule has 0 radical (unpaired) electrons. The van der Waals surface area contributed by atoms with Crippen LogP contribution in [0.4, 0.5) is 4.39 Å². The number of phenolic OH excluding ortho intramolecular Hbond substituents is 1. The Morgan fingerprint density at radius 2 is 2.19 bits per heavy atom. The average molecular weight is 228 g/mol. The molecule has 0 heterocycles. The van der Waals surface area contributed by atoms with Crippen molar-refractivity contribution in [3.8, 4) is 11.5 Å². The fraction of sp³-hybridized carbons (Fsp3) is 0.364. The predicted molar refractivity (Wildman–Crippen MR) is 55.3 cm³/mol. The van der Waals surface area contributed by atoms with Crippen LogP contribution in [-0.2, 0) is 4.79 Å². The molecule has 1 aromatic carbocycles. The summed E-state index contributed by atoms with van der Waals surface area (Å²) in [6.45, 7) is 1.53. The molecule has 0 aliphatic carbocycles. The van der Waals surface area contributed by atoms with Crippen LogP contribution in [0.3, 0.4) is 0 Å². The van der Waals surface area contributed by atoms with Gasteiger partial charge < -0.3 is 14.9 Å². The van der Waals surface area contributed by atoms with Crippen molar-refractivity contribution in [2.75, 3.05) is 7.11 Å². The summed E-state index contributed by atoms with van der Waals surface area (Å²) in [5.74, 6) is -2.50. The molecule has 1 atom stereocenters. The van der Waals surface area contributed by atoms with Crippen molar-refractivity contribution in [1.82, 2.24) is 0 Å². The van der Waals surface area contributed by atoms with Gasteiger partial charge in [-0.15, -0.1) is 0 Å². The lowest BCUT2D eigenvalue weighted by Gasteiger charge is -2.14. The van der Waals surface area contributed by atoms with E-state index >= 15 is 0 Å². The Morgan fingerprint density at radius 1 is 1.56 bits per heavy atom. The summed E-state index contributed by atoms with van der Waals surface area (Å²) < 4.78 is 18.3. The van der Waals surface area contributed by atoms with E-state index in [1.807, 2.05) is 0 Å². The van der Waals surface area contributed by atoms with Crippen molar-refractivity contribution in [2.24, 2.45) is 0 Å². The molecule has 0 spiro atoms. The Kier molecular flexibility index (Phi) is 3.71. The topological polar surface area (TPSA) is 66.8 Å². The van der Waals surface area contributed by atoms with Crippen molar-refractivity contribution in [3.63, 3.8) is 0 Å². The Labute approximate surface area is 92.3 Å². The standard InChI is InChI=1S/C11H13FO4/c1-6(5-9(13)14)10-7(12)3-4-8(16-2)11(10)15/h3-4,6,15H,5H2,1-2H3,(H,13,14). The van der Waals surface area contributed by atoms with E-state index in [4.69, 9.17) is 9.84 Å². The summed E-state index contributed by atoms with van der Waals surface area (Å²) in [6.07, 6.45) is -0.252. The third kappa shape index (κ3) is 2.42. The number of halogens is 1. The summed E-state index contributed by atoms with van der Waals surface area (Å²) in [7, 11) is 1.35. The van der Waals surface area contributed by atoms with Gasteiger partial charge in [-0.25, -0.2) is 4.39 Å². The first-order valence-electron chi connectivity index (χ1n) is 4.74. The van der Waals surface area contributed by atoms with Crippen LogP contribution < -0.4 is 4.74 Å². The highest BCUT2D eigenvalue weighted by Gasteiger charge is 2.21. The minimum absolute atomic E-state index is 0.0262. The average Bonchev–Trinajstić information content (AvgIpc) is 2.16. The zero-order valence-corrected chi connectivity index (χ0v) is 9.03. The van der Waals surface area contributed by atoms with Crippen molar-refractivity contribution in [2.45, 2.75) is 19.3 Å². The molecule has 1 aromatic rings. The van der Waals surface area contributed by atoms with Gasteiger partial charge in [0.05, 0.1) is 13.5 Å². The van der Waals surface area contributed by atoms with Gasteiger partial charge in [-0.05, 0) is 18.1 Å². The van der Waals surface area contributed by atoms with Crippen molar-refractivity contribution >= 4 is 5.97 Å². The van der Waals surface area contributed by atoms with Crippen LogP contribution in [0.5, 0.6) is 11.5 Å². The SMILES string of the molecule is COc1ccc(F)c(C(C)CC(=O)O)c1O. The molecule has 0 bridgehead atoms. The number of carbonyl (C=O) groups is 1. The number of carboxylic acid groups (broad SMARTS) is 1. The molecule has 0 aromatic heterocycles. The number of carboxylic acids is 1. The Morgan fingerprint density at radius 3 is 2.69 bits per heavy atom. The van der Waals surface area contributed by atoms with Crippen molar-refractivity contribution < 1.29 is 24.1 Å². The fourth-order valence-electron chi connectivity index (χ4n) is 1.56. The molecule has 88 valence electrons. The van der Waals surface area contributed by atoms with Crippen LogP contribution in [0, 0.1) is 5.82 Å². The molecule has 1 unspecified atom stereocenters. The summed E-state index contributed by atoms with van der Waals surface area (Å²) >= 11 is 0. The number of ether oxygens (including phenoxy) is 1. The number of methoxy groups -OCH3 is 1. The third-order valence-electron chi connectivity index (χ3n) is 2.32. The number of aromatic hydroxyl groups is 1. The van der Waals surface area contributed by atoms with E-state index in [0.29, 0.717) is 0 Å². The van der Waals surface area contributed by atoms with Gasteiger partial charge in [-0.2, -0.15) is 0 Å². The van der Waals surface area contributed by atoms with Crippen LogP contribution in [0.1, 0.15) is 24.8 Å². The second-order valence-corrected chi connectivity index (χ2v) is 3.51. The summed E-state index contributed by atoms with van der Waals surface area (Å²) in [6, 6.07) is 2.44. The highest BCUT2D eigenvalue weighted by Crippen LogP contribution is 2.37. The normalized spacial score (nSPS) is 12.2. The number of hydrogen-bond donors (Lipinski definition) is 2. The first kappa shape index (κ1) is 12.3. The summed E-state index contributed by atoms with van der Waals surface area (Å²) in [4.78, 5) is 10.5. The van der Waals surface area contributed by atoms with Gasteiger partial charge in [0.25, 0.3) is 0 Å². The van der Waals surface area contributed by atoms with Gasteiger partial charge in [-0.3, -0.25) is 4.79 Å². The van der Waals surface area contributed by atoms with Crippen molar-refractivity contribution in [3.05, 3.63) is 23.5 Å². The quantitative estimate of drug-likeness (QED) is 0.828. The molecule has 0 saturated carbocycles. The Bertz CT molecular complexity index is 403. The molecule has 0 saturated heterocycles.